The van der Waals surface area contributed by atoms with Gasteiger partial charge in [0.05, 0.1) is 13.2 Å². The molecule has 76 valence electrons. The van der Waals surface area contributed by atoms with Crippen LogP contribution < -0.4 is 0 Å². The van der Waals surface area contributed by atoms with Gasteiger partial charge in [-0.3, -0.25) is 4.90 Å². The first-order chi connectivity index (χ1) is 6.24. The molecule has 0 amide bonds. The van der Waals surface area contributed by atoms with E-state index in [2.05, 4.69) is 40.8 Å². The van der Waals surface area contributed by atoms with E-state index < -0.39 is 0 Å². The molecule has 13 heavy (non-hydrogen) atoms. The lowest BCUT2D eigenvalue weighted by atomic mass is 10.2. The van der Waals surface area contributed by atoms with Crippen LogP contribution in [0.4, 0.5) is 0 Å². The Morgan fingerprint density at radius 3 is 3.00 bits per heavy atom. The molecule has 0 radical (unpaired) electrons. The Bertz CT molecular complexity index is 178. The van der Waals surface area contributed by atoms with Gasteiger partial charge in [-0.1, -0.05) is 27.6 Å². The van der Waals surface area contributed by atoms with E-state index in [1.807, 2.05) is 0 Å². The van der Waals surface area contributed by atoms with Gasteiger partial charge in [0.25, 0.3) is 0 Å². The van der Waals surface area contributed by atoms with Gasteiger partial charge >= 0.3 is 0 Å². The van der Waals surface area contributed by atoms with Gasteiger partial charge in [-0.15, -0.1) is 0 Å². The lowest BCUT2D eigenvalue weighted by molar-refractivity contribution is 0.00771. The number of morpholine rings is 1. The molecule has 0 aromatic heterocycles. The van der Waals surface area contributed by atoms with Gasteiger partial charge in [-0.25, -0.2) is 0 Å². The number of nitrogens with zero attached hydrogens (tertiary/aromatic N) is 1. The van der Waals surface area contributed by atoms with E-state index in [0.29, 0.717) is 6.04 Å². The molecule has 0 N–H and O–H groups in total. The average Bonchev–Trinajstić information content (AvgIpc) is 2.15. The third-order valence-corrected chi connectivity index (χ3v) is 3.01. The van der Waals surface area contributed by atoms with Crippen LogP contribution in [0.5, 0.6) is 0 Å². The van der Waals surface area contributed by atoms with Crippen LogP contribution in [0.15, 0.2) is 11.6 Å². The topological polar surface area (TPSA) is 12.5 Å². The molecule has 3 heteroatoms. The fourth-order valence-corrected chi connectivity index (χ4v) is 1.97. The van der Waals surface area contributed by atoms with E-state index in [1.54, 1.807) is 0 Å². The quantitative estimate of drug-likeness (QED) is 0.560. The second kappa shape index (κ2) is 5.78. The molecule has 1 aliphatic rings. The maximum atomic E-state index is 5.42. The zero-order valence-electron chi connectivity index (χ0n) is 8.42. The third kappa shape index (κ3) is 3.79. The second-order valence-electron chi connectivity index (χ2n) is 3.66. The van der Waals surface area contributed by atoms with E-state index in [9.17, 15) is 0 Å². The van der Waals surface area contributed by atoms with Gasteiger partial charge in [-0.05, 0) is 13.8 Å². The molecule has 0 aliphatic carbocycles. The minimum Gasteiger partial charge on any atom is -0.378 e. The zero-order valence-corrected chi connectivity index (χ0v) is 10.0. The predicted octanol–water partition coefficient (Wildman–Crippen LogP) is 2.05. The Balaban J connectivity index is 2.40. The fraction of sp³-hybridized carbons (Fsp3) is 0.800. The summed E-state index contributed by atoms with van der Waals surface area (Å²) in [5.74, 6) is 0. The number of allylic oxidation sites excluding steroid dienone is 1. The molecule has 0 aromatic carbocycles. The molecule has 1 fully saturated rings. The molecular formula is C10H18BrNO. The molecule has 2 nitrogen and oxygen atoms in total. The highest BCUT2D eigenvalue weighted by molar-refractivity contribution is 9.09. The molecule has 0 aromatic rings. The van der Waals surface area contributed by atoms with Crippen molar-refractivity contribution in [2.24, 2.45) is 0 Å². The van der Waals surface area contributed by atoms with Crippen molar-refractivity contribution in [3.8, 4) is 0 Å². The Kier molecular flexibility index (Phi) is 4.99. The highest BCUT2D eigenvalue weighted by Gasteiger charge is 2.20. The van der Waals surface area contributed by atoms with E-state index in [4.69, 9.17) is 4.74 Å². The minimum atomic E-state index is 0.546. The Morgan fingerprint density at radius 2 is 2.38 bits per heavy atom. The Hall–Kier alpha value is 0.140. The number of alkyl halides is 1. The molecule has 1 rings (SSSR count). The van der Waals surface area contributed by atoms with Crippen molar-refractivity contribution in [1.29, 1.82) is 0 Å². The predicted molar refractivity (Wildman–Crippen MR) is 59.4 cm³/mol. The number of ether oxygens (including phenoxy) is 1. The summed E-state index contributed by atoms with van der Waals surface area (Å²) in [5, 5.41) is 1.00. The Labute approximate surface area is 89.1 Å². The molecule has 1 saturated heterocycles. The molecule has 1 heterocycles. The highest BCUT2D eigenvalue weighted by Crippen LogP contribution is 2.09. The monoisotopic (exact) mass is 247 g/mol. The van der Waals surface area contributed by atoms with Gasteiger partial charge in [-0.2, -0.15) is 0 Å². The highest BCUT2D eigenvalue weighted by atomic mass is 79.9. The number of halogens is 1. The van der Waals surface area contributed by atoms with Crippen LogP contribution >= 0.6 is 15.9 Å². The van der Waals surface area contributed by atoms with Crippen molar-refractivity contribution in [2.75, 3.05) is 31.6 Å². The first-order valence-corrected chi connectivity index (χ1v) is 5.87. The summed E-state index contributed by atoms with van der Waals surface area (Å²) in [5.41, 5.74) is 1.39. The normalized spacial score (nSPS) is 24.4. The number of rotatable bonds is 3. The lowest BCUT2D eigenvalue weighted by Crippen LogP contribution is -2.46. The molecule has 0 spiro atoms. The van der Waals surface area contributed by atoms with Crippen LogP contribution in [0.1, 0.15) is 13.8 Å². The van der Waals surface area contributed by atoms with Gasteiger partial charge in [0.15, 0.2) is 0 Å². The maximum Gasteiger partial charge on any atom is 0.0630 e. The summed E-state index contributed by atoms with van der Waals surface area (Å²) in [4.78, 5) is 2.46. The van der Waals surface area contributed by atoms with Crippen LogP contribution in [0, 0.1) is 0 Å². The van der Waals surface area contributed by atoms with Crippen LogP contribution in [-0.4, -0.2) is 42.6 Å². The zero-order chi connectivity index (χ0) is 9.68. The summed E-state index contributed by atoms with van der Waals surface area (Å²) in [6.45, 7) is 8.14. The molecule has 1 atom stereocenters. The maximum absolute atomic E-state index is 5.42. The second-order valence-corrected chi connectivity index (χ2v) is 4.31. The molecule has 0 bridgehead atoms. The summed E-state index contributed by atoms with van der Waals surface area (Å²) in [7, 11) is 0. The van der Waals surface area contributed by atoms with Crippen LogP contribution in [0.2, 0.25) is 0 Å². The molecule has 0 saturated carbocycles. The number of hydrogen-bond acceptors (Lipinski definition) is 2. The lowest BCUT2D eigenvalue weighted by Gasteiger charge is -2.33. The van der Waals surface area contributed by atoms with E-state index in [0.717, 1.165) is 31.6 Å². The van der Waals surface area contributed by atoms with E-state index in [1.165, 1.54) is 5.57 Å². The van der Waals surface area contributed by atoms with Gasteiger partial charge in [0.2, 0.25) is 0 Å². The van der Waals surface area contributed by atoms with Crippen molar-refractivity contribution in [2.45, 2.75) is 19.9 Å². The number of hydrogen-bond donors (Lipinski definition) is 0. The summed E-state index contributed by atoms with van der Waals surface area (Å²) in [6, 6.07) is 0.546. The van der Waals surface area contributed by atoms with Crippen molar-refractivity contribution in [3.05, 3.63) is 11.6 Å². The molecule has 1 unspecified atom stereocenters. The molecular weight excluding hydrogens is 230 g/mol. The molecule has 1 aliphatic heterocycles. The van der Waals surface area contributed by atoms with E-state index in [-0.39, 0.29) is 0 Å². The van der Waals surface area contributed by atoms with Crippen molar-refractivity contribution in [3.63, 3.8) is 0 Å². The van der Waals surface area contributed by atoms with Crippen LogP contribution in [-0.2, 0) is 4.74 Å². The Morgan fingerprint density at radius 1 is 1.62 bits per heavy atom. The van der Waals surface area contributed by atoms with Gasteiger partial charge < -0.3 is 4.74 Å². The van der Waals surface area contributed by atoms with Crippen molar-refractivity contribution >= 4 is 15.9 Å². The minimum absolute atomic E-state index is 0.546. The van der Waals surface area contributed by atoms with Crippen molar-refractivity contribution in [1.82, 2.24) is 4.90 Å². The fourth-order valence-electron chi connectivity index (χ4n) is 1.37. The van der Waals surface area contributed by atoms with Crippen molar-refractivity contribution < 1.29 is 4.74 Å². The standard InChI is InChI=1S/C10H18BrNO/c1-9(2)3-4-12-5-6-13-8-10(12)7-11/h3,10H,4-8H2,1-2H3. The first kappa shape index (κ1) is 11.2. The largest absolute Gasteiger partial charge is 0.378 e. The summed E-state index contributed by atoms with van der Waals surface area (Å²) in [6.07, 6.45) is 2.28. The summed E-state index contributed by atoms with van der Waals surface area (Å²) >= 11 is 3.52. The third-order valence-electron chi connectivity index (χ3n) is 2.26. The van der Waals surface area contributed by atoms with E-state index >= 15 is 0 Å². The van der Waals surface area contributed by atoms with Gasteiger partial charge in [0.1, 0.15) is 0 Å². The summed E-state index contributed by atoms with van der Waals surface area (Å²) < 4.78 is 5.42. The average molecular weight is 248 g/mol. The first-order valence-electron chi connectivity index (χ1n) is 4.75. The van der Waals surface area contributed by atoms with Crippen LogP contribution in [0.25, 0.3) is 0 Å². The van der Waals surface area contributed by atoms with Crippen LogP contribution in [0.3, 0.4) is 0 Å². The smallest absolute Gasteiger partial charge is 0.0630 e. The SMILES string of the molecule is CC(C)=CCN1CCOCC1CBr. The van der Waals surface area contributed by atoms with Gasteiger partial charge in [0, 0.05) is 24.5 Å².